The van der Waals surface area contributed by atoms with Gasteiger partial charge in [0.15, 0.2) is 0 Å². The van der Waals surface area contributed by atoms with E-state index in [1.807, 2.05) is 18.2 Å². The first-order valence-corrected chi connectivity index (χ1v) is 17.9. The number of amides is 1. The Kier molecular flexibility index (Phi) is 10.7. The standard InChI is InChI=1S/C37H38FNO11S/c38-24-11-6-22(7-12-24)29(41)17-16-28-33(39(37(28)46)25-4-2-1-3-5-25)27-15-10-23(18-30(27)42)21-8-13-26(14-9-21)50-51(47,48)20-32-35(44)36(45)34(43)31(19-40)49-32/h1-15,18,28-29,31-36,40-45H,16-17,19-20H2/t28-,29+,31-,32?,33-,34-,35+,36+/m1/s1. The normalized spacial score (nSPS) is 25.6. The van der Waals surface area contributed by atoms with Gasteiger partial charge in [0.2, 0.25) is 5.91 Å². The number of anilines is 1. The van der Waals surface area contributed by atoms with Crippen LogP contribution in [-0.2, 0) is 19.6 Å². The van der Waals surface area contributed by atoms with E-state index in [0.717, 1.165) is 0 Å². The van der Waals surface area contributed by atoms with Gasteiger partial charge >= 0.3 is 10.1 Å². The molecule has 2 fully saturated rings. The highest BCUT2D eigenvalue weighted by atomic mass is 32.2. The number of benzene rings is 4. The van der Waals surface area contributed by atoms with Crippen LogP contribution in [0, 0.1) is 11.7 Å². The summed E-state index contributed by atoms with van der Waals surface area (Å²) in [4.78, 5) is 15.1. The molecule has 270 valence electrons. The van der Waals surface area contributed by atoms with Crippen LogP contribution in [0.1, 0.15) is 36.1 Å². The maximum absolute atomic E-state index is 13.5. The minimum Gasteiger partial charge on any atom is -0.508 e. The van der Waals surface area contributed by atoms with Crippen molar-refractivity contribution in [2.24, 2.45) is 5.92 Å². The maximum atomic E-state index is 13.5. The SMILES string of the molecule is O=C1[C@H](CC[C@H](O)c2ccc(F)cc2)[C@@H](c2ccc(-c3ccc(OS(=O)(=O)CC4O[C@H](CO)[C@@H](O)[C@H](O)[C@H]4O)cc3)cc2O)N1c1ccccc1. The van der Waals surface area contributed by atoms with Crippen molar-refractivity contribution in [2.45, 2.75) is 55.5 Å². The average Bonchev–Trinajstić information content (AvgIpc) is 3.11. The molecule has 6 rings (SSSR count). The number of carbonyl (C=O) groups is 1. The van der Waals surface area contributed by atoms with Gasteiger partial charge < -0.3 is 44.5 Å². The minimum atomic E-state index is -4.36. The number of phenols is 1. The number of phenolic OH excluding ortho intramolecular Hbond substituents is 1. The van der Waals surface area contributed by atoms with E-state index >= 15 is 0 Å². The van der Waals surface area contributed by atoms with E-state index in [9.17, 15) is 48.2 Å². The molecule has 0 bridgehead atoms. The summed E-state index contributed by atoms with van der Waals surface area (Å²) < 4.78 is 49.4. The first-order chi connectivity index (χ1) is 24.4. The van der Waals surface area contributed by atoms with E-state index < -0.39 is 76.9 Å². The van der Waals surface area contributed by atoms with Gasteiger partial charge in [-0.2, -0.15) is 8.42 Å². The molecular formula is C37H38FNO11S. The molecule has 0 spiro atoms. The number of β-lactam (4-membered cyclic amide) rings is 1. The lowest BCUT2D eigenvalue weighted by atomic mass is 9.77. The molecule has 12 nitrogen and oxygen atoms in total. The van der Waals surface area contributed by atoms with Crippen molar-refractivity contribution in [2.75, 3.05) is 17.3 Å². The number of aliphatic hydroxyl groups excluding tert-OH is 5. The summed E-state index contributed by atoms with van der Waals surface area (Å²) in [5, 5.41) is 61.5. The number of aromatic hydroxyl groups is 1. The third-order valence-electron chi connectivity index (χ3n) is 9.37. The van der Waals surface area contributed by atoms with Gasteiger partial charge in [0.1, 0.15) is 53.6 Å². The van der Waals surface area contributed by atoms with Gasteiger partial charge in [-0.25, -0.2) is 4.39 Å². The highest BCUT2D eigenvalue weighted by Gasteiger charge is 2.49. The molecule has 51 heavy (non-hydrogen) atoms. The number of hydrogen-bond donors (Lipinski definition) is 6. The molecule has 2 aliphatic heterocycles. The quantitative estimate of drug-likeness (QED) is 0.0930. The molecule has 2 aliphatic rings. The number of para-hydroxylation sites is 1. The molecular weight excluding hydrogens is 685 g/mol. The van der Waals surface area contributed by atoms with Crippen LogP contribution in [0.15, 0.2) is 97.1 Å². The van der Waals surface area contributed by atoms with E-state index in [1.165, 1.54) is 42.5 Å². The second-order valence-corrected chi connectivity index (χ2v) is 14.3. The predicted molar refractivity (Wildman–Crippen MR) is 182 cm³/mol. The van der Waals surface area contributed by atoms with Crippen LogP contribution in [0.2, 0.25) is 0 Å². The van der Waals surface area contributed by atoms with E-state index in [1.54, 1.807) is 41.3 Å². The van der Waals surface area contributed by atoms with Crippen molar-refractivity contribution in [3.63, 3.8) is 0 Å². The number of halogens is 1. The smallest absolute Gasteiger partial charge is 0.311 e. The summed E-state index contributed by atoms with van der Waals surface area (Å²) >= 11 is 0. The van der Waals surface area contributed by atoms with Crippen molar-refractivity contribution < 1.29 is 57.2 Å². The molecule has 4 aromatic rings. The zero-order valence-corrected chi connectivity index (χ0v) is 28.0. The Morgan fingerprint density at radius 1 is 0.843 bits per heavy atom. The number of ether oxygens (including phenoxy) is 1. The summed E-state index contributed by atoms with van der Waals surface area (Å²) in [6.07, 6.45) is -8.16. The fourth-order valence-corrected chi connectivity index (χ4v) is 7.78. The molecule has 14 heteroatoms. The van der Waals surface area contributed by atoms with E-state index in [2.05, 4.69) is 0 Å². The molecule has 0 aromatic heterocycles. The van der Waals surface area contributed by atoms with Crippen LogP contribution in [0.5, 0.6) is 11.5 Å². The van der Waals surface area contributed by atoms with Crippen LogP contribution < -0.4 is 9.08 Å². The van der Waals surface area contributed by atoms with Gasteiger partial charge in [0.25, 0.3) is 0 Å². The lowest BCUT2D eigenvalue weighted by Gasteiger charge is -2.48. The fraction of sp³-hybridized carbons (Fsp3) is 0.324. The highest BCUT2D eigenvalue weighted by molar-refractivity contribution is 7.87. The molecule has 0 aliphatic carbocycles. The summed E-state index contributed by atoms with van der Waals surface area (Å²) in [7, 11) is -4.36. The van der Waals surface area contributed by atoms with Crippen molar-refractivity contribution in [1.29, 1.82) is 0 Å². The van der Waals surface area contributed by atoms with Crippen molar-refractivity contribution in [3.05, 3.63) is 114 Å². The molecule has 2 heterocycles. The summed E-state index contributed by atoms with van der Waals surface area (Å²) in [6, 6.07) is 25.0. The third-order valence-corrected chi connectivity index (χ3v) is 10.6. The number of rotatable bonds is 12. The maximum Gasteiger partial charge on any atom is 0.311 e. The zero-order chi connectivity index (χ0) is 36.4. The van der Waals surface area contributed by atoms with E-state index in [-0.39, 0.29) is 23.8 Å². The van der Waals surface area contributed by atoms with E-state index in [4.69, 9.17) is 8.92 Å². The van der Waals surface area contributed by atoms with Crippen molar-refractivity contribution in [1.82, 2.24) is 0 Å². The Morgan fingerprint density at radius 2 is 1.49 bits per heavy atom. The van der Waals surface area contributed by atoms with Gasteiger partial charge in [0, 0.05) is 11.3 Å². The molecule has 1 amide bonds. The largest absolute Gasteiger partial charge is 0.508 e. The molecule has 0 saturated carbocycles. The molecule has 8 atom stereocenters. The molecule has 0 radical (unpaired) electrons. The predicted octanol–water partition coefficient (Wildman–Crippen LogP) is 2.97. The van der Waals surface area contributed by atoms with Crippen molar-refractivity contribution in [3.8, 4) is 22.6 Å². The Hall–Kier alpha value is -4.41. The Morgan fingerprint density at radius 3 is 2.14 bits per heavy atom. The Bertz CT molecular complexity index is 1930. The van der Waals surface area contributed by atoms with Crippen LogP contribution in [0.3, 0.4) is 0 Å². The fourth-order valence-electron chi connectivity index (χ4n) is 6.63. The lowest BCUT2D eigenvalue weighted by Crippen LogP contribution is -2.60. The van der Waals surface area contributed by atoms with Gasteiger partial charge in [-0.1, -0.05) is 54.6 Å². The zero-order valence-electron chi connectivity index (χ0n) is 27.1. The number of hydrogen-bond acceptors (Lipinski definition) is 11. The number of carbonyl (C=O) groups excluding carboxylic acids is 1. The average molecular weight is 724 g/mol. The first kappa shape index (κ1) is 36.4. The van der Waals surface area contributed by atoms with Crippen LogP contribution in [-0.4, -0.2) is 87.8 Å². The van der Waals surface area contributed by atoms with Gasteiger partial charge in [0.05, 0.1) is 24.7 Å². The van der Waals surface area contributed by atoms with Crippen LogP contribution in [0.25, 0.3) is 11.1 Å². The topological polar surface area (TPSA) is 194 Å². The van der Waals surface area contributed by atoms with Crippen LogP contribution in [0.4, 0.5) is 10.1 Å². The number of nitrogens with zero attached hydrogens (tertiary/aromatic N) is 1. The molecule has 4 aromatic carbocycles. The Balaban J connectivity index is 1.16. The Labute approximate surface area is 293 Å². The third kappa shape index (κ3) is 7.77. The summed E-state index contributed by atoms with van der Waals surface area (Å²) in [6.45, 7) is -0.700. The van der Waals surface area contributed by atoms with Gasteiger partial charge in [-0.15, -0.1) is 0 Å². The highest BCUT2D eigenvalue weighted by Crippen LogP contribution is 2.49. The van der Waals surface area contributed by atoms with Gasteiger partial charge in [-0.05, 0) is 72.0 Å². The molecule has 6 N–H and O–H groups in total. The summed E-state index contributed by atoms with van der Waals surface area (Å²) in [5.41, 5.74) is 2.90. The van der Waals surface area contributed by atoms with Crippen LogP contribution >= 0.6 is 0 Å². The molecule has 2 saturated heterocycles. The van der Waals surface area contributed by atoms with Crippen molar-refractivity contribution >= 4 is 21.7 Å². The minimum absolute atomic E-state index is 0.0543. The van der Waals surface area contributed by atoms with Gasteiger partial charge in [-0.3, -0.25) is 4.79 Å². The number of aliphatic hydroxyl groups is 5. The summed E-state index contributed by atoms with van der Waals surface area (Å²) in [5.74, 6) is -2.10. The monoisotopic (exact) mass is 723 g/mol. The van der Waals surface area contributed by atoms with E-state index in [0.29, 0.717) is 34.4 Å². The first-order valence-electron chi connectivity index (χ1n) is 16.3. The second-order valence-electron chi connectivity index (χ2n) is 12.7. The second kappa shape index (κ2) is 15.1. The lowest BCUT2D eigenvalue weighted by molar-refractivity contribution is -0.223. The molecule has 1 unspecified atom stereocenters.